The van der Waals surface area contributed by atoms with Crippen molar-refractivity contribution in [3.63, 3.8) is 0 Å². The first-order valence-corrected chi connectivity index (χ1v) is 9.46. The van der Waals surface area contributed by atoms with E-state index in [-0.39, 0.29) is 0 Å². The minimum Gasteiger partial charge on any atom is -0.469 e. The Hall–Kier alpha value is -1.49. The predicted molar refractivity (Wildman–Crippen MR) is 96.3 cm³/mol. The zero-order chi connectivity index (χ0) is 16.7. The second kappa shape index (κ2) is 8.56. The highest BCUT2D eigenvalue weighted by molar-refractivity contribution is 5.79. The summed E-state index contributed by atoms with van der Waals surface area (Å²) in [6.45, 7) is 5.77. The van der Waals surface area contributed by atoms with E-state index in [1.54, 1.807) is 6.26 Å². The number of ether oxygens (including phenoxy) is 1. The molecular weight excluding hydrogens is 302 g/mol. The van der Waals surface area contributed by atoms with E-state index in [1.165, 1.54) is 32.1 Å². The summed E-state index contributed by atoms with van der Waals surface area (Å²) in [6.07, 6.45) is 10.4. The molecule has 0 amide bonds. The fourth-order valence-electron chi connectivity index (χ4n) is 3.50. The lowest BCUT2D eigenvalue weighted by Crippen LogP contribution is -2.43. The van der Waals surface area contributed by atoms with Crippen molar-refractivity contribution in [2.45, 2.75) is 58.0 Å². The van der Waals surface area contributed by atoms with Crippen LogP contribution in [-0.2, 0) is 11.2 Å². The number of hydrogen-bond donors (Lipinski definition) is 2. The Morgan fingerprint density at radius 2 is 2.25 bits per heavy atom. The van der Waals surface area contributed by atoms with Gasteiger partial charge < -0.3 is 19.8 Å². The van der Waals surface area contributed by atoms with Crippen LogP contribution in [0.1, 0.15) is 51.2 Å². The zero-order valence-corrected chi connectivity index (χ0v) is 14.9. The van der Waals surface area contributed by atoms with Crippen LogP contribution >= 0.6 is 0 Å². The van der Waals surface area contributed by atoms with Crippen LogP contribution in [0, 0.1) is 5.41 Å². The summed E-state index contributed by atoms with van der Waals surface area (Å²) in [5.74, 6) is 1.92. The highest BCUT2D eigenvalue weighted by Gasteiger charge is 2.34. The molecule has 3 rings (SSSR count). The lowest BCUT2D eigenvalue weighted by atomic mass is 9.67. The molecular formula is C19H31N3O2. The Morgan fingerprint density at radius 3 is 2.88 bits per heavy atom. The SMILES string of the molecule is CCC1(CN=C(NCCc2ccco2)NCC2CCCO2)CCC1. The van der Waals surface area contributed by atoms with Crippen LogP contribution in [0.2, 0.25) is 0 Å². The van der Waals surface area contributed by atoms with Gasteiger partial charge in [-0.2, -0.15) is 0 Å². The third kappa shape index (κ3) is 4.76. The molecule has 2 fully saturated rings. The monoisotopic (exact) mass is 333 g/mol. The van der Waals surface area contributed by atoms with Gasteiger partial charge in [0.2, 0.25) is 0 Å². The lowest BCUT2D eigenvalue weighted by Gasteiger charge is -2.40. The second-order valence-corrected chi connectivity index (χ2v) is 7.14. The van der Waals surface area contributed by atoms with Gasteiger partial charge in [-0.05, 0) is 49.7 Å². The van der Waals surface area contributed by atoms with Gasteiger partial charge in [0.05, 0.1) is 12.4 Å². The van der Waals surface area contributed by atoms with Crippen LogP contribution in [0.15, 0.2) is 27.8 Å². The standard InChI is InChI=1S/C19H31N3O2/c1-2-19(9-5-10-19)15-22-18(21-14-17-7-4-13-24-17)20-11-8-16-6-3-12-23-16/h3,6,12,17H,2,4-5,7-11,13-15H2,1H3,(H2,20,21,22). The van der Waals surface area contributed by atoms with Crippen molar-refractivity contribution < 1.29 is 9.15 Å². The third-order valence-corrected chi connectivity index (χ3v) is 5.50. The molecule has 2 heterocycles. The molecule has 2 aliphatic rings. The number of furan rings is 1. The van der Waals surface area contributed by atoms with Gasteiger partial charge in [-0.1, -0.05) is 13.3 Å². The van der Waals surface area contributed by atoms with Gasteiger partial charge in [0.1, 0.15) is 5.76 Å². The van der Waals surface area contributed by atoms with Gasteiger partial charge in [-0.25, -0.2) is 0 Å². The largest absolute Gasteiger partial charge is 0.469 e. The minimum atomic E-state index is 0.325. The summed E-state index contributed by atoms with van der Waals surface area (Å²) in [4.78, 5) is 4.88. The maximum Gasteiger partial charge on any atom is 0.191 e. The first-order valence-electron chi connectivity index (χ1n) is 9.46. The van der Waals surface area contributed by atoms with Crippen molar-refractivity contribution in [2.24, 2.45) is 10.4 Å². The van der Waals surface area contributed by atoms with E-state index in [9.17, 15) is 0 Å². The zero-order valence-electron chi connectivity index (χ0n) is 14.9. The fraction of sp³-hybridized carbons (Fsp3) is 0.737. The smallest absolute Gasteiger partial charge is 0.191 e. The van der Waals surface area contributed by atoms with Crippen molar-refractivity contribution in [1.29, 1.82) is 0 Å². The topological polar surface area (TPSA) is 58.8 Å². The normalized spacial score (nSPS) is 23.0. The van der Waals surface area contributed by atoms with Gasteiger partial charge in [0, 0.05) is 32.7 Å². The Morgan fingerprint density at radius 1 is 1.33 bits per heavy atom. The van der Waals surface area contributed by atoms with Gasteiger partial charge in [-0.3, -0.25) is 4.99 Å². The van der Waals surface area contributed by atoms with Crippen LogP contribution in [0.5, 0.6) is 0 Å². The van der Waals surface area contributed by atoms with Gasteiger partial charge in [0.15, 0.2) is 5.96 Å². The predicted octanol–water partition coefficient (Wildman–Crippen LogP) is 3.12. The summed E-state index contributed by atoms with van der Waals surface area (Å²) in [5.41, 5.74) is 0.444. The summed E-state index contributed by atoms with van der Waals surface area (Å²) in [5, 5.41) is 6.92. The molecule has 5 nitrogen and oxygen atoms in total. The molecule has 1 atom stereocenters. The minimum absolute atomic E-state index is 0.325. The molecule has 2 N–H and O–H groups in total. The molecule has 1 unspecified atom stereocenters. The molecule has 1 aromatic heterocycles. The van der Waals surface area contributed by atoms with Crippen LogP contribution in [0.25, 0.3) is 0 Å². The third-order valence-electron chi connectivity index (χ3n) is 5.50. The van der Waals surface area contributed by atoms with E-state index >= 15 is 0 Å². The Kier molecular flexibility index (Phi) is 6.18. The maximum absolute atomic E-state index is 5.71. The van der Waals surface area contributed by atoms with E-state index in [0.717, 1.165) is 50.8 Å². The number of nitrogens with one attached hydrogen (secondary N) is 2. The molecule has 5 heteroatoms. The molecule has 0 aromatic carbocycles. The van der Waals surface area contributed by atoms with Gasteiger partial charge >= 0.3 is 0 Å². The fourth-order valence-corrected chi connectivity index (χ4v) is 3.50. The molecule has 1 aliphatic heterocycles. The highest BCUT2D eigenvalue weighted by Crippen LogP contribution is 2.43. The number of aliphatic imine (C=N–C) groups is 1. The molecule has 1 aliphatic carbocycles. The first kappa shape index (κ1) is 17.3. The van der Waals surface area contributed by atoms with Crippen molar-refractivity contribution in [3.8, 4) is 0 Å². The van der Waals surface area contributed by atoms with E-state index in [4.69, 9.17) is 14.1 Å². The number of nitrogens with zero attached hydrogens (tertiary/aromatic N) is 1. The molecule has 1 saturated carbocycles. The summed E-state index contributed by atoms with van der Waals surface area (Å²) >= 11 is 0. The van der Waals surface area contributed by atoms with Crippen LogP contribution in [-0.4, -0.2) is 38.3 Å². The van der Waals surface area contributed by atoms with E-state index in [1.807, 2.05) is 12.1 Å². The van der Waals surface area contributed by atoms with Crippen LogP contribution in [0.4, 0.5) is 0 Å². The van der Waals surface area contributed by atoms with Crippen molar-refractivity contribution in [3.05, 3.63) is 24.2 Å². The molecule has 134 valence electrons. The molecule has 1 saturated heterocycles. The van der Waals surface area contributed by atoms with Gasteiger partial charge in [-0.15, -0.1) is 0 Å². The van der Waals surface area contributed by atoms with E-state index in [2.05, 4.69) is 17.6 Å². The molecule has 0 radical (unpaired) electrons. The second-order valence-electron chi connectivity index (χ2n) is 7.14. The number of rotatable bonds is 8. The Balaban J connectivity index is 1.50. The average Bonchev–Trinajstić information content (AvgIpc) is 3.25. The maximum atomic E-state index is 5.71. The summed E-state index contributed by atoms with van der Waals surface area (Å²) in [7, 11) is 0. The molecule has 0 spiro atoms. The van der Waals surface area contributed by atoms with Gasteiger partial charge in [0.25, 0.3) is 0 Å². The van der Waals surface area contributed by atoms with E-state index in [0.29, 0.717) is 11.5 Å². The molecule has 1 aromatic rings. The quantitative estimate of drug-likeness (QED) is 0.567. The van der Waals surface area contributed by atoms with Crippen molar-refractivity contribution in [1.82, 2.24) is 10.6 Å². The number of hydrogen-bond acceptors (Lipinski definition) is 3. The van der Waals surface area contributed by atoms with Crippen LogP contribution in [0.3, 0.4) is 0 Å². The Bertz CT molecular complexity index is 497. The number of guanidine groups is 1. The van der Waals surface area contributed by atoms with Crippen LogP contribution < -0.4 is 10.6 Å². The van der Waals surface area contributed by atoms with Crippen molar-refractivity contribution in [2.75, 3.05) is 26.2 Å². The summed E-state index contributed by atoms with van der Waals surface area (Å²) < 4.78 is 11.1. The average molecular weight is 333 g/mol. The Labute approximate surface area is 145 Å². The highest BCUT2D eigenvalue weighted by atomic mass is 16.5. The molecule has 0 bridgehead atoms. The summed E-state index contributed by atoms with van der Waals surface area (Å²) in [6, 6.07) is 3.94. The molecule has 24 heavy (non-hydrogen) atoms. The van der Waals surface area contributed by atoms with Crippen molar-refractivity contribution >= 4 is 5.96 Å². The van der Waals surface area contributed by atoms with E-state index < -0.39 is 0 Å². The lowest BCUT2D eigenvalue weighted by molar-refractivity contribution is 0.113. The first-order chi connectivity index (χ1) is 11.8.